The molecule has 8 heteroatoms. The maximum Gasteiger partial charge on any atom is 0.158 e. The lowest BCUT2D eigenvalue weighted by Crippen LogP contribution is -2.29. The summed E-state index contributed by atoms with van der Waals surface area (Å²) in [7, 11) is -1.35. The van der Waals surface area contributed by atoms with Gasteiger partial charge in [-0.25, -0.2) is 18.4 Å². The first-order valence-electron chi connectivity index (χ1n) is 4.85. The number of aromatic nitrogens is 2. The molecule has 94 valence electrons. The Morgan fingerprint density at radius 2 is 2.06 bits per heavy atom. The van der Waals surface area contributed by atoms with Crippen LogP contribution in [0.1, 0.15) is 5.69 Å². The van der Waals surface area contributed by atoms with Crippen LogP contribution < -0.4 is 10.6 Å². The zero-order chi connectivity index (χ0) is 13.1. The molecule has 17 heavy (non-hydrogen) atoms. The van der Waals surface area contributed by atoms with Gasteiger partial charge in [0, 0.05) is 32.2 Å². The van der Waals surface area contributed by atoms with Crippen LogP contribution in [-0.2, 0) is 9.84 Å². The highest BCUT2D eigenvalue weighted by molar-refractivity contribution is 7.90. The lowest BCUT2D eigenvalue weighted by atomic mass is 10.3. The van der Waals surface area contributed by atoms with Gasteiger partial charge in [0.2, 0.25) is 0 Å². The van der Waals surface area contributed by atoms with Crippen molar-refractivity contribution < 1.29 is 8.42 Å². The maximum absolute atomic E-state index is 11.1. The Hall–Kier alpha value is -1.70. The average Bonchev–Trinajstić information content (AvgIpc) is 2.25. The second-order valence-corrected chi connectivity index (χ2v) is 5.95. The molecule has 0 aliphatic carbocycles. The third-order valence-electron chi connectivity index (χ3n) is 2.09. The van der Waals surface area contributed by atoms with Gasteiger partial charge in [-0.05, 0) is 0 Å². The van der Waals surface area contributed by atoms with E-state index in [0.29, 0.717) is 5.82 Å². The van der Waals surface area contributed by atoms with Crippen LogP contribution in [0.25, 0.3) is 0 Å². The van der Waals surface area contributed by atoms with Crippen molar-refractivity contribution >= 4 is 21.5 Å². The number of nitrogens with two attached hydrogens (primary N) is 1. The minimum Gasteiger partial charge on any atom is -0.382 e. The molecule has 0 saturated carbocycles. The number of amidine groups is 1. The summed E-state index contributed by atoms with van der Waals surface area (Å²) in [6, 6.07) is 0. The molecular weight excluding hydrogens is 242 g/mol. The lowest BCUT2D eigenvalue weighted by molar-refractivity contribution is 0.601. The molecule has 0 unspecified atom stereocenters. The Bertz CT molecular complexity index is 514. The molecule has 0 aliphatic heterocycles. The summed E-state index contributed by atoms with van der Waals surface area (Å²) in [5.74, 6) is 0.222. The first-order valence-corrected chi connectivity index (χ1v) is 6.91. The quantitative estimate of drug-likeness (QED) is 0.529. The molecule has 0 aliphatic rings. The van der Waals surface area contributed by atoms with E-state index in [4.69, 9.17) is 11.1 Å². The lowest BCUT2D eigenvalue weighted by Gasteiger charge is -2.19. The molecule has 0 fully saturated rings. The van der Waals surface area contributed by atoms with E-state index in [9.17, 15) is 8.42 Å². The third-order valence-corrected chi connectivity index (χ3v) is 3.02. The number of rotatable bonds is 5. The van der Waals surface area contributed by atoms with Crippen molar-refractivity contribution in [1.29, 1.82) is 5.41 Å². The van der Waals surface area contributed by atoms with Gasteiger partial charge in [-0.2, -0.15) is 0 Å². The van der Waals surface area contributed by atoms with Crippen molar-refractivity contribution in [1.82, 2.24) is 9.97 Å². The Kier molecular flexibility index (Phi) is 4.00. The van der Waals surface area contributed by atoms with Gasteiger partial charge in [-0.3, -0.25) is 5.41 Å². The summed E-state index contributed by atoms with van der Waals surface area (Å²) in [6.07, 6.45) is 4.08. The van der Waals surface area contributed by atoms with E-state index in [1.165, 1.54) is 18.6 Å². The minimum absolute atomic E-state index is 0.0113. The third kappa shape index (κ3) is 3.99. The molecule has 3 N–H and O–H groups in total. The number of nitrogen functional groups attached to an aromatic ring is 1. The largest absolute Gasteiger partial charge is 0.382 e. The Balaban J connectivity index is 2.89. The predicted molar refractivity (Wildman–Crippen MR) is 66.0 cm³/mol. The van der Waals surface area contributed by atoms with Gasteiger partial charge in [0.15, 0.2) is 5.82 Å². The van der Waals surface area contributed by atoms with Crippen LogP contribution in [0.2, 0.25) is 0 Å². The van der Waals surface area contributed by atoms with E-state index in [1.807, 2.05) is 0 Å². The summed E-state index contributed by atoms with van der Waals surface area (Å²) in [6.45, 7) is 0.276. The van der Waals surface area contributed by atoms with Crippen molar-refractivity contribution in [3.05, 3.63) is 18.1 Å². The molecule has 7 nitrogen and oxygen atoms in total. The monoisotopic (exact) mass is 257 g/mol. The first kappa shape index (κ1) is 13.4. The second kappa shape index (κ2) is 5.09. The van der Waals surface area contributed by atoms with Gasteiger partial charge in [0.05, 0.1) is 5.75 Å². The van der Waals surface area contributed by atoms with Gasteiger partial charge in [0.25, 0.3) is 0 Å². The first-order chi connectivity index (χ1) is 7.81. The number of hydrogen-bond acceptors (Lipinski definition) is 6. The molecular formula is C9H15N5O2S. The molecule has 0 amide bonds. The van der Waals surface area contributed by atoms with Gasteiger partial charge >= 0.3 is 0 Å². The molecule has 1 rings (SSSR count). The van der Waals surface area contributed by atoms with Crippen molar-refractivity contribution in [2.24, 2.45) is 5.73 Å². The van der Waals surface area contributed by atoms with Crippen LogP contribution in [-0.4, -0.2) is 49.8 Å². The molecule has 0 spiro atoms. The Morgan fingerprint density at radius 3 is 2.59 bits per heavy atom. The summed E-state index contributed by atoms with van der Waals surface area (Å²) in [4.78, 5) is 9.60. The molecule has 1 heterocycles. The van der Waals surface area contributed by atoms with Crippen molar-refractivity contribution in [2.75, 3.05) is 30.5 Å². The van der Waals surface area contributed by atoms with Crippen LogP contribution in [0.15, 0.2) is 12.4 Å². The summed E-state index contributed by atoms with van der Waals surface area (Å²) >= 11 is 0. The molecule has 0 atom stereocenters. The zero-order valence-electron chi connectivity index (χ0n) is 9.71. The SMILES string of the molecule is CN(CCS(C)(=O)=O)c1nccnc1C(=N)N. The fourth-order valence-electron chi connectivity index (χ4n) is 1.21. The van der Waals surface area contributed by atoms with E-state index in [0.717, 1.165) is 0 Å². The smallest absolute Gasteiger partial charge is 0.158 e. The number of sulfone groups is 1. The molecule has 0 bridgehead atoms. The molecule has 0 saturated heterocycles. The van der Waals surface area contributed by atoms with Gasteiger partial charge in [0.1, 0.15) is 21.4 Å². The fraction of sp³-hybridized carbons (Fsp3) is 0.444. The average molecular weight is 257 g/mol. The molecule has 1 aromatic rings. The van der Waals surface area contributed by atoms with Gasteiger partial charge in [-0.15, -0.1) is 0 Å². The highest BCUT2D eigenvalue weighted by atomic mass is 32.2. The number of nitrogens with zero attached hydrogens (tertiary/aromatic N) is 3. The Labute approximate surface area is 100 Å². The fourth-order valence-corrected chi connectivity index (χ4v) is 1.81. The normalized spacial score (nSPS) is 11.2. The van der Waals surface area contributed by atoms with Crippen LogP contribution in [0.3, 0.4) is 0 Å². The molecule has 0 radical (unpaired) electrons. The number of nitrogens with one attached hydrogen (secondary N) is 1. The van der Waals surface area contributed by atoms with E-state index in [2.05, 4.69) is 9.97 Å². The van der Waals surface area contributed by atoms with E-state index >= 15 is 0 Å². The molecule has 0 aromatic carbocycles. The predicted octanol–water partition coefficient (Wildman–Crippen LogP) is -0.759. The zero-order valence-corrected chi connectivity index (χ0v) is 10.5. The Morgan fingerprint density at radius 1 is 1.47 bits per heavy atom. The van der Waals surface area contributed by atoms with Crippen molar-refractivity contribution in [3.63, 3.8) is 0 Å². The highest BCUT2D eigenvalue weighted by Gasteiger charge is 2.13. The topological polar surface area (TPSA) is 113 Å². The second-order valence-electron chi connectivity index (χ2n) is 3.69. The highest BCUT2D eigenvalue weighted by Crippen LogP contribution is 2.12. The van der Waals surface area contributed by atoms with Crippen LogP contribution in [0.5, 0.6) is 0 Å². The van der Waals surface area contributed by atoms with Crippen LogP contribution >= 0.6 is 0 Å². The van der Waals surface area contributed by atoms with E-state index in [-0.39, 0.29) is 23.8 Å². The standard InChI is InChI=1S/C9H15N5O2S/c1-14(5-6-17(2,15)16)9-7(8(10)11)12-3-4-13-9/h3-4H,5-6H2,1-2H3,(H3,10,11). The minimum atomic E-state index is -3.04. The summed E-state index contributed by atoms with van der Waals surface area (Å²) < 4.78 is 22.1. The molecule has 1 aromatic heterocycles. The summed E-state index contributed by atoms with van der Waals surface area (Å²) in [5, 5.41) is 7.35. The van der Waals surface area contributed by atoms with Gasteiger partial charge < -0.3 is 10.6 Å². The van der Waals surface area contributed by atoms with E-state index in [1.54, 1.807) is 11.9 Å². The van der Waals surface area contributed by atoms with Crippen molar-refractivity contribution in [3.8, 4) is 0 Å². The van der Waals surface area contributed by atoms with E-state index < -0.39 is 9.84 Å². The number of anilines is 1. The van der Waals surface area contributed by atoms with Crippen molar-refractivity contribution in [2.45, 2.75) is 0 Å². The summed E-state index contributed by atoms with van der Waals surface area (Å²) in [5.41, 5.74) is 5.62. The number of hydrogen-bond donors (Lipinski definition) is 2. The van der Waals surface area contributed by atoms with Crippen LogP contribution in [0.4, 0.5) is 5.82 Å². The maximum atomic E-state index is 11.1. The van der Waals surface area contributed by atoms with Gasteiger partial charge in [-0.1, -0.05) is 0 Å². The van der Waals surface area contributed by atoms with Crippen LogP contribution in [0, 0.1) is 5.41 Å².